The van der Waals surface area contributed by atoms with Crippen molar-refractivity contribution in [2.24, 2.45) is 0 Å². The molecule has 1 heterocycles. The molecular formula is C14H16ClFN2. The number of hydrogen-bond donors (Lipinski definition) is 1. The van der Waals surface area contributed by atoms with Crippen LogP contribution in [0, 0.1) is 12.7 Å². The van der Waals surface area contributed by atoms with E-state index in [1.807, 2.05) is 14.0 Å². The molecule has 96 valence electrons. The van der Waals surface area contributed by atoms with Crippen LogP contribution >= 0.6 is 11.6 Å². The van der Waals surface area contributed by atoms with Crippen molar-refractivity contribution in [2.45, 2.75) is 26.7 Å². The third kappa shape index (κ3) is 2.03. The number of benzene rings is 1. The first kappa shape index (κ1) is 13.1. The van der Waals surface area contributed by atoms with Crippen LogP contribution in [0.2, 0.25) is 5.02 Å². The van der Waals surface area contributed by atoms with Gasteiger partial charge in [0.05, 0.1) is 10.5 Å². The van der Waals surface area contributed by atoms with Gasteiger partial charge in [-0.3, -0.25) is 4.98 Å². The van der Waals surface area contributed by atoms with Crippen molar-refractivity contribution in [3.8, 4) is 0 Å². The van der Waals surface area contributed by atoms with Crippen molar-refractivity contribution in [3.05, 3.63) is 34.2 Å². The highest BCUT2D eigenvalue weighted by molar-refractivity contribution is 6.35. The molecule has 1 aromatic heterocycles. The van der Waals surface area contributed by atoms with Crippen LogP contribution in [0.1, 0.15) is 31.0 Å². The summed E-state index contributed by atoms with van der Waals surface area (Å²) in [5, 5.41) is 4.23. The van der Waals surface area contributed by atoms with Crippen LogP contribution in [0.3, 0.4) is 0 Å². The van der Waals surface area contributed by atoms with E-state index in [0.717, 1.165) is 22.3 Å². The van der Waals surface area contributed by atoms with Crippen molar-refractivity contribution in [1.29, 1.82) is 0 Å². The first-order chi connectivity index (χ1) is 8.45. The number of nitrogens with one attached hydrogen (secondary N) is 1. The highest BCUT2D eigenvalue weighted by Gasteiger charge is 2.16. The van der Waals surface area contributed by atoms with Crippen molar-refractivity contribution in [3.63, 3.8) is 0 Å². The molecule has 0 saturated heterocycles. The molecule has 0 bridgehead atoms. The highest BCUT2D eigenvalue weighted by Crippen LogP contribution is 2.36. The number of pyridine rings is 1. The maximum Gasteiger partial charge on any atom is 0.125 e. The Kier molecular flexibility index (Phi) is 3.44. The first-order valence-corrected chi connectivity index (χ1v) is 6.30. The summed E-state index contributed by atoms with van der Waals surface area (Å²) in [6.45, 7) is 6.14. The summed E-state index contributed by atoms with van der Waals surface area (Å²) in [6, 6.07) is 2.77. The summed E-state index contributed by atoms with van der Waals surface area (Å²) in [5.41, 5.74) is 3.58. The predicted molar refractivity (Wildman–Crippen MR) is 75.1 cm³/mol. The number of anilines is 1. The van der Waals surface area contributed by atoms with Gasteiger partial charge in [0.25, 0.3) is 0 Å². The van der Waals surface area contributed by atoms with E-state index >= 15 is 0 Å². The average Bonchev–Trinajstić information content (AvgIpc) is 2.28. The molecular weight excluding hydrogens is 251 g/mol. The van der Waals surface area contributed by atoms with Crippen LogP contribution in [-0.2, 0) is 0 Å². The molecule has 0 aliphatic rings. The molecule has 2 aromatic rings. The van der Waals surface area contributed by atoms with Gasteiger partial charge in [-0.1, -0.05) is 25.4 Å². The molecule has 1 N–H and O–H groups in total. The Bertz CT molecular complexity index is 609. The first-order valence-electron chi connectivity index (χ1n) is 5.92. The van der Waals surface area contributed by atoms with E-state index < -0.39 is 0 Å². The van der Waals surface area contributed by atoms with E-state index in [9.17, 15) is 4.39 Å². The second-order valence-electron chi connectivity index (χ2n) is 4.67. The third-order valence-corrected chi connectivity index (χ3v) is 3.35. The lowest BCUT2D eigenvalue weighted by Gasteiger charge is -2.18. The molecule has 0 aliphatic carbocycles. The molecule has 0 aliphatic heterocycles. The summed E-state index contributed by atoms with van der Waals surface area (Å²) in [4.78, 5) is 4.51. The fourth-order valence-corrected chi connectivity index (χ4v) is 2.65. The molecule has 0 fully saturated rings. The molecule has 18 heavy (non-hydrogen) atoms. The Morgan fingerprint density at radius 2 is 2.00 bits per heavy atom. The van der Waals surface area contributed by atoms with Crippen LogP contribution in [0.15, 0.2) is 12.1 Å². The zero-order valence-electron chi connectivity index (χ0n) is 10.9. The number of hydrogen-bond acceptors (Lipinski definition) is 2. The number of nitrogens with zero attached hydrogens (tertiary/aromatic N) is 1. The van der Waals surface area contributed by atoms with Gasteiger partial charge in [0.1, 0.15) is 5.82 Å². The lowest BCUT2D eigenvalue weighted by Crippen LogP contribution is -2.04. The highest BCUT2D eigenvalue weighted by atomic mass is 35.5. The van der Waals surface area contributed by atoms with Crippen LogP contribution in [-0.4, -0.2) is 12.0 Å². The van der Waals surface area contributed by atoms with E-state index in [0.29, 0.717) is 16.5 Å². The lowest BCUT2D eigenvalue weighted by atomic mass is 9.96. The molecule has 0 atom stereocenters. The Balaban J connectivity index is 2.94. The fourth-order valence-electron chi connectivity index (χ4n) is 2.40. The topological polar surface area (TPSA) is 24.9 Å². The zero-order valence-corrected chi connectivity index (χ0v) is 11.7. The Hall–Kier alpha value is -1.35. The quantitative estimate of drug-likeness (QED) is 0.866. The minimum Gasteiger partial charge on any atom is -0.387 e. The normalized spacial score (nSPS) is 11.3. The van der Waals surface area contributed by atoms with Gasteiger partial charge in [0.2, 0.25) is 0 Å². The van der Waals surface area contributed by atoms with Crippen molar-refractivity contribution < 1.29 is 4.39 Å². The molecule has 0 spiro atoms. The molecule has 0 amide bonds. The van der Waals surface area contributed by atoms with Crippen LogP contribution in [0.5, 0.6) is 0 Å². The van der Waals surface area contributed by atoms with Crippen molar-refractivity contribution in [1.82, 2.24) is 4.98 Å². The van der Waals surface area contributed by atoms with Crippen LogP contribution in [0.4, 0.5) is 10.1 Å². The second-order valence-corrected chi connectivity index (χ2v) is 5.08. The minimum absolute atomic E-state index is 0.311. The molecule has 0 radical (unpaired) electrons. The molecule has 0 saturated carbocycles. The van der Waals surface area contributed by atoms with Gasteiger partial charge in [-0.2, -0.15) is 0 Å². The summed E-state index contributed by atoms with van der Waals surface area (Å²) in [6.07, 6.45) is 0. The van der Waals surface area contributed by atoms with Gasteiger partial charge in [-0.25, -0.2) is 4.39 Å². The molecule has 4 heteroatoms. The minimum atomic E-state index is -0.343. The van der Waals surface area contributed by atoms with E-state index in [1.54, 1.807) is 0 Å². The van der Waals surface area contributed by atoms with E-state index in [2.05, 4.69) is 24.1 Å². The lowest BCUT2D eigenvalue weighted by molar-refractivity contribution is 0.629. The Morgan fingerprint density at radius 1 is 1.33 bits per heavy atom. The number of halogens is 2. The molecule has 0 unspecified atom stereocenters. The smallest absolute Gasteiger partial charge is 0.125 e. The third-order valence-electron chi connectivity index (χ3n) is 3.06. The van der Waals surface area contributed by atoms with Gasteiger partial charge in [-0.15, -0.1) is 0 Å². The summed E-state index contributed by atoms with van der Waals surface area (Å²) >= 11 is 6.06. The molecule has 2 rings (SSSR count). The molecule has 2 nitrogen and oxygen atoms in total. The van der Waals surface area contributed by atoms with Crippen LogP contribution in [0.25, 0.3) is 10.9 Å². The number of rotatable bonds is 2. The fraction of sp³-hybridized carbons (Fsp3) is 0.357. The maximum absolute atomic E-state index is 13.5. The van der Waals surface area contributed by atoms with Gasteiger partial charge >= 0.3 is 0 Å². The SMILES string of the molecule is CNc1c(C(C)C)c(C)nc2c(Cl)cc(F)cc12. The van der Waals surface area contributed by atoms with E-state index in [1.165, 1.54) is 12.1 Å². The summed E-state index contributed by atoms with van der Waals surface area (Å²) < 4.78 is 13.5. The largest absolute Gasteiger partial charge is 0.387 e. The van der Waals surface area contributed by atoms with E-state index in [-0.39, 0.29) is 5.82 Å². The van der Waals surface area contributed by atoms with Gasteiger partial charge in [0, 0.05) is 23.8 Å². The number of fused-ring (bicyclic) bond motifs is 1. The second kappa shape index (κ2) is 4.73. The van der Waals surface area contributed by atoms with Crippen molar-refractivity contribution in [2.75, 3.05) is 12.4 Å². The maximum atomic E-state index is 13.5. The summed E-state index contributed by atoms with van der Waals surface area (Å²) in [5.74, 6) is -0.0317. The van der Waals surface area contributed by atoms with Crippen molar-refractivity contribution >= 4 is 28.2 Å². The Morgan fingerprint density at radius 3 is 2.56 bits per heavy atom. The van der Waals surface area contributed by atoms with Gasteiger partial charge in [-0.05, 0) is 30.5 Å². The Labute approximate surface area is 111 Å². The van der Waals surface area contributed by atoms with Gasteiger partial charge in [0.15, 0.2) is 0 Å². The van der Waals surface area contributed by atoms with Crippen LogP contribution < -0.4 is 5.32 Å². The monoisotopic (exact) mass is 266 g/mol. The zero-order chi connectivity index (χ0) is 13.4. The standard InChI is InChI=1S/C14H16ClFN2/c1-7(2)12-8(3)18-13-10(14(12)17-4)5-9(16)6-11(13)15/h5-7H,1-4H3,(H,17,18). The summed E-state index contributed by atoms with van der Waals surface area (Å²) in [7, 11) is 1.83. The van der Waals surface area contributed by atoms with E-state index in [4.69, 9.17) is 11.6 Å². The molecule has 1 aromatic carbocycles. The predicted octanol–water partition coefficient (Wildman–Crippen LogP) is 4.50. The van der Waals surface area contributed by atoms with Gasteiger partial charge < -0.3 is 5.32 Å². The number of aromatic nitrogens is 1. The average molecular weight is 267 g/mol. The number of aryl methyl sites for hydroxylation is 1.